The first-order valence-electron chi connectivity index (χ1n) is 11.4. The maximum Gasteiger partial charge on any atom is 0.254 e. The Hall–Kier alpha value is -4.00. The van der Waals surface area contributed by atoms with Gasteiger partial charge in [0.1, 0.15) is 6.54 Å². The molecule has 1 aliphatic rings. The van der Waals surface area contributed by atoms with Crippen LogP contribution in [-0.2, 0) is 4.79 Å². The van der Waals surface area contributed by atoms with Crippen molar-refractivity contribution in [3.63, 3.8) is 0 Å². The molecule has 0 bridgehead atoms. The Labute approximate surface area is 200 Å². The molecule has 0 N–H and O–H groups in total. The van der Waals surface area contributed by atoms with E-state index < -0.39 is 0 Å². The molecule has 0 spiro atoms. The molecular weight excluding hydrogens is 426 g/mol. The Bertz CT molecular complexity index is 1120. The minimum atomic E-state index is -0.170. The number of rotatable bonds is 7. The molecule has 2 amide bonds. The molecule has 0 atom stereocenters. The molecule has 3 aromatic rings. The molecule has 0 unspecified atom stereocenters. The van der Waals surface area contributed by atoms with Gasteiger partial charge in [-0.25, -0.2) is 0 Å². The Morgan fingerprint density at radius 2 is 1.65 bits per heavy atom. The fourth-order valence-electron chi connectivity index (χ4n) is 3.96. The Balaban J connectivity index is 1.33. The number of carbonyl (C=O) groups is 2. The third-order valence-electron chi connectivity index (χ3n) is 5.94. The summed E-state index contributed by atoms with van der Waals surface area (Å²) < 4.78 is 0. The van der Waals surface area contributed by atoms with Gasteiger partial charge in [-0.05, 0) is 31.2 Å². The lowest BCUT2D eigenvalue weighted by Gasteiger charge is -2.36. The predicted molar refractivity (Wildman–Crippen MR) is 134 cm³/mol. The van der Waals surface area contributed by atoms with Crippen LogP contribution in [0.2, 0.25) is 0 Å². The quantitative estimate of drug-likeness (QED) is 0.511. The van der Waals surface area contributed by atoms with E-state index in [-0.39, 0.29) is 18.4 Å². The van der Waals surface area contributed by atoms with Gasteiger partial charge in [-0.15, -0.1) is 16.8 Å². The number of hydrogen-bond donors (Lipinski definition) is 0. The van der Waals surface area contributed by atoms with Crippen molar-refractivity contribution in [2.75, 3.05) is 44.2 Å². The SMILES string of the molecule is C=CCN(CC(=O)N1CCN(c2ccc(-c3ccc(C)cc3)nn2)CC1)C(=O)c1ccccc1. The summed E-state index contributed by atoms with van der Waals surface area (Å²) in [7, 11) is 0. The van der Waals surface area contributed by atoms with Gasteiger partial charge >= 0.3 is 0 Å². The minimum Gasteiger partial charge on any atom is -0.352 e. The Morgan fingerprint density at radius 1 is 0.941 bits per heavy atom. The fourth-order valence-corrected chi connectivity index (χ4v) is 3.96. The van der Waals surface area contributed by atoms with E-state index in [0.29, 0.717) is 38.3 Å². The highest BCUT2D eigenvalue weighted by Gasteiger charge is 2.25. The minimum absolute atomic E-state index is 0.0325. The third kappa shape index (κ3) is 5.49. The second-order valence-electron chi connectivity index (χ2n) is 8.35. The van der Waals surface area contributed by atoms with Crippen molar-refractivity contribution in [2.24, 2.45) is 0 Å². The number of amides is 2. The number of carbonyl (C=O) groups excluding carboxylic acids is 2. The van der Waals surface area contributed by atoms with Crippen LogP contribution in [0.3, 0.4) is 0 Å². The number of aromatic nitrogens is 2. The number of benzene rings is 2. The summed E-state index contributed by atoms with van der Waals surface area (Å²) in [5, 5.41) is 8.80. The van der Waals surface area contributed by atoms with Crippen LogP contribution in [0.15, 0.2) is 79.4 Å². The number of piperazine rings is 1. The molecule has 2 heterocycles. The summed E-state index contributed by atoms with van der Waals surface area (Å²) in [5.41, 5.74) is 3.64. The molecule has 1 fully saturated rings. The van der Waals surface area contributed by atoms with Crippen LogP contribution in [0.5, 0.6) is 0 Å². The van der Waals surface area contributed by atoms with Crippen LogP contribution in [0.4, 0.5) is 5.82 Å². The molecule has 7 nitrogen and oxygen atoms in total. The lowest BCUT2D eigenvalue weighted by molar-refractivity contribution is -0.132. The van der Waals surface area contributed by atoms with Crippen LogP contribution in [0.1, 0.15) is 15.9 Å². The van der Waals surface area contributed by atoms with Crippen LogP contribution in [-0.4, -0.2) is 71.1 Å². The van der Waals surface area contributed by atoms with E-state index in [1.807, 2.05) is 42.5 Å². The molecule has 174 valence electrons. The van der Waals surface area contributed by atoms with Crippen molar-refractivity contribution < 1.29 is 9.59 Å². The van der Waals surface area contributed by atoms with E-state index in [1.165, 1.54) is 10.5 Å². The highest BCUT2D eigenvalue weighted by Crippen LogP contribution is 2.20. The first-order chi connectivity index (χ1) is 16.5. The van der Waals surface area contributed by atoms with E-state index >= 15 is 0 Å². The molecule has 0 aliphatic carbocycles. The van der Waals surface area contributed by atoms with E-state index in [2.05, 4.69) is 40.7 Å². The van der Waals surface area contributed by atoms with E-state index in [4.69, 9.17) is 0 Å². The second-order valence-corrected chi connectivity index (χ2v) is 8.35. The highest BCUT2D eigenvalue weighted by atomic mass is 16.2. The molecular formula is C27H29N5O2. The van der Waals surface area contributed by atoms with Crippen molar-refractivity contribution in [3.8, 4) is 11.3 Å². The molecule has 0 saturated carbocycles. The molecule has 1 aliphatic heterocycles. The summed E-state index contributed by atoms with van der Waals surface area (Å²) in [4.78, 5) is 31.2. The largest absolute Gasteiger partial charge is 0.352 e. The van der Waals surface area contributed by atoms with Gasteiger partial charge in [0.25, 0.3) is 5.91 Å². The van der Waals surface area contributed by atoms with Gasteiger partial charge in [0.05, 0.1) is 5.69 Å². The second kappa shape index (κ2) is 10.7. The van der Waals surface area contributed by atoms with Gasteiger partial charge in [0.2, 0.25) is 5.91 Å². The summed E-state index contributed by atoms with van der Waals surface area (Å²) in [6.07, 6.45) is 1.64. The van der Waals surface area contributed by atoms with Crippen molar-refractivity contribution in [1.29, 1.82) is 0 Å². The maximum absolute atomic E-state index is 12.9. The zero-order chi connectivity index (χ0) is 23.9. The molecule has 7 heteroatoms. The van der Waals surface area contributed by atoms with Gasteiger partial charge in [0.15, 0.2) is 5.82 Å². The lowest BCUT2D eigenvalue weighted by atomic mass is 10.1. The molecule has 34 heavy (non-hydrogen) atoms. The van der Waals surface area contributed by atoms with Crippen molar-refractivity contribution in [3.05, 3.63) is 90.5 Å². The summed E-state index contributed by atoms with van der Waals surface area (Å²) in [5.74, 6) is 0.568. The summed E-state index contributed by atoms with van der Waals surface area (Å²) >= 11 is 0. The molecule has 4 rings (SSSR count). The van der Waals surface area contributed by atoms with Crippen molar-refractivity contribution in [1.82, 2.24) is 20.0 Å². The zero-order valence-corrected chi connectivity index (χ0v) is 19.4. The monoisotopic (exact) mass is 455 g/mol. The predicted octanol–water partition coefficient (Wildman–Crippen LogP) is 3.43. The van der Waals surface area contributed by atoms with E-state index in [9.17, 15) is 9.59 Å². The Morgan fingerprint density at radius 3 is 2.26 bits per heavy atom. The molecule has 1 aromatic heterocycles. The lowest BCUT2D eigenvalue weighted by Crippen LogP contribution is -2.52. The number of hydrogen-bond acceptors (Lipinski definition) is 5. The topological polar surface area (TPSA) is 69.6 Å². The van der Waals surface area contributed by atoms with Gasteiger partial charge in [-0.1, -0.05) is 54.1 Å². The number of anilines is 1. The van der Waals surface area contributed by atoms with E-state index in [0.717, 1.165) is 17.1 Å². The van der Waals surface area contributed by atoms with Crippen molar-refractivity contribution >= 4 is 17.6 Å². The summed E-state index contributed by atoms with van der Waals surface area (Å²) in [6, 6.07) is 21.2. The van der Waals surface area contributed by atoms with Crippen LogP contribution < -0.4 is 4.90 Å². The average molecular weight is 456 g/mol. The first-order valence-corrected chi connectivity index (χ1v) is 11.4. The third-order valence-corrected chi connectivity index (χ3v) is 5.94. The molecule has 1 saturated heterocycles. The number of nitrogens with zero attached hydrogens (tertiary/aromatic N) is 5. The zero-order valence-electron chi connectivity index (χ0n) is 19.4. The van der Waals surface area contributed by atoms with Gasteiger partial charge < -0.3 is 14.7 Å². The van der Waals surface area contributed by atoms with Crippen molar-refractivity contribution in [2.45, 2.75) is 6.92 Å². The normalized spacial score (nSPS) is 13.4. The van der Waals surface area contributed by atoms with Gasteiger partial charge in [-0.2, -0.15) is 0 Å². The van der Waals surface area contributed by atoms with Gasteiger partial charge in [0, 0.05) is 43.9 Å². The van der Waals surface area contributed by atoms with Gasteiger partial charge in [-0.3, -0.25) is 9.59 Å². The first kappa shape index (κ1) is 23.2. The smallest absolute Gasteiger partial charge is 0.254 e. The fraction of sp³-hybridized carbons (Fsp3) is 0.259. The van der Waals surface area contributed by atoms with Crippen LogP contribution in [0, 0.1) is 6.92 Å². The van der Waals surface area contributed by atoms with Crippen LogP contribution in [0.25, 0.3) is 11.3 Å². The molecule has 0 radical (unpaired) electrons. The average Bonchev–Trinajstić information content (AvgIpc) is 2.89. The van der Waals surface area contributed by atoms with E-state index in [1.54, 1.807) is 23.1 Å². The summed E-state index contributed by atoms with van der Waals surface area (Å²) in [6.45, 7) is 8.61. The number of aryl methyl sites for hydroxylation is 1. The molecule has 2 aromatic carbocycles. The standard InChI is InChI=1S/C27H29N5O2/c1-3-15-32(27(34)23-7-5-4-6-8-23)20-26(33)31-18-16-30(17-19-31)25-14-13-24(28-29-25)22-11-9-21(2)10-12-22/h3-14H,1,15-20H2,2H3. The Kier molecular flexibility index (Phi) is 7.32. The maximum atomic E-state index is 12.9. The van der Waals surface area contributed by atoms with Crippen LogP contribution >= 0.6 is 0 Å². The highest BCUT2D eigenvalue weighted by molar-refractivity contribution is 5.96.